The van der Waals surface area contributed by atoms with Crippen LogP contribution in [0.1, 0.15) is 31.2 Å². The van der Waals surface area contributed by atoms with E-state index in [4.69, 9.17) is 4.74 Å². The molecule has 1 aromatic carbocycles. The van der Waals surface area contributed by atoms with Crippen LogP contribution >= 0.6 is 0 Å². The Morgan fingerprint density at radius 1 is 1.24 bits per heavy atom. The third-order valence-corrected chi connectivity index (χ3v) is 4.56. The fraction of sp³-hybridized carbons (Fsp3) is 0.647. The molecular formula is C17H25FN2O. The molecule has 0 spiro atoms. The second-order valence-electron chi connectivity index (χ2n) is 6.31. The van der Waals surface area contributed by atoms with Crippen molar-refractivity contribution in [3.63, 3.8) is 0 Å². The first kappa shape index (κ1) is 14.8. The topological polar surface area (TPSA) is 24.5 Å². The van der Waals surface area contributed by atoms with Crippen LogP contribution in [0.3, 0.4) is 0 Å². The third kappa shape index (κ3) is 3.95. The van der Waals surface area contributed by atoms with E-state index in [1.54, 1.807) is 19.2 Å². The van der Waals surface area contributed by atoms with Gasteiger partial charge in [0, 0.05) is 45.1 Å². The molecule has 3 nitrogen and oxygen atoms in total. The van der Waals surface area contributed by atoms with Gasteiger partial charge in [-0.1, -0.05) is 0 Å². The highest BCUT2D eigenvalue weighted by atomic mass is 19.1. The summed E-state index contributed by atoms with van der Waals surface area (Å²) in [6, 6.07) is 5.85. The van der Waals surface area contributed by atoms with Gasteiger partial charge < -0.3 is 15.0 Å². The Balaban J connectivity index is 1.66. The van der Waals surface area contributed by atoms with Crippen LogP contribution in [0.25, 0.3) is 0 Å². The van der Waals surface area contributed by atoms with Gasteiger partial charge in [-0.15, -0.1) is 0 Å². The first-order valence-electron chi connectivity index (χ1n) is 8.02. The lowest BCUT2D eigenvalue weighted by molar-refractivity contribution is 0.139. The summed E-state index contributed by atoms with van der Waals surface area (Å²) in [5.41, 5.74) is 2.28. The summed E-state index contributed by atoms with van der Waals surface area (Å²) in [5.74, 6) is 0.528. The van der Waals surface area contributed by atoms with Crippen molar-refractivity contribution in [2.45, 2.75) is 38.3 Å². The van der Waals surface area contributed by atoms with Crippen LogP contribution in [0.2, 0.25) is 0 Å². The molecule has 0 aromatic heterocycles. The monoisotopic (exact) mass is 292 g/mol. The number of nitrogens with one attached hydrogen (secondary N) is 1. The van der Waals surface area contributed by atoms with E-state index in [1.807, 2.05) is 6.07 Å². The Bertz CT molecular complexity index is 468. The summed E-state index contributed by atoms with van der Waals surface area (Å²) in [6.45, 7) is 3.70. The molecule has 2 aliphatic rings. The molecule has 116 valence electrons. The molecular weight excluding hydrogens is 267 g/mol. The Hall–Kier alpha value is -1.13. The van der Waals surface area contributed by atoms with Crippen LogP contribution < -0.4 is 10.2 Å². The molecule has 4 heteroatoms. The minimum absolute atomic E-state index is 0.138. The molecule has 1 aliphatic carbocycles. The van der Waals surface area contributed by atoms with Crippen LogP contribution in [0.4, 0.5) is 10.1 Å². The van der Waals surface area contributed by atoms with Gasteiger partial charge in [-0.2, -0.15) is 0 Å². The first-order chi connectivity index (χ1) is 10.3. The average molecular weight is 292 g/mol. The number of halogens is 1. The van der Waals surface area contributed by atoms with Gasteiger partial charge in [0.1, 0.15) is 5.82 Å². The summed E-state index contributed by atoms with van der Waals surface area (Å²) in [5, 5.41) is 3.50. The van der Waals surface area contributed by atoms with Crippen molar-refractivity contribution in [3.8, 4) is 0 Å². The van der Waals surface area contributed by atoms with Crippen molar-refractivity contribution in [2.24, 2.45) is 5.92 Å². The molecule has 1 saturated heterocycles. The number of hydrogen-bond donors (Lipinski definition) is 1. The number of anilines is 1. The van der Waals surface area contributed by atoms with E-state index in [2.05, 4.69) is 10.2 Å². The van der Waals surface area contributed by atoms with E-state index in [9.17, 15) is 4.39 Å². The zero-order chi connectivity index (χ0) is 14.7. The molecule has 0 amide bonds. The van der Waals surface area contributed by atoms with E-state index >= 15 is 0 Å². The van der Waals surface area contributed by atoms with Crippen molar-refractivity contribution in [3.05, 3.63) is 29.6 Å². The Labute approximate surface area is 126 Å². The van der Waals surface area contributed by atoms with E-state index in [1.165, 1.54) is 18.5 Å². The lowest BCUT2D eigenvalue weighted by Crippen LogP contribution is -2.36. The average Bonchev–Trinajstić information content (AvgIpc) is 3.31. The van der Waals surface area contributed by atoms with Gasteiger partial charge in [-0.3, -0.25) is 0 Å². The Morgan fingerprint density at radius 2 is 2.00 bits per heavy atom. The summed E-state index contributed by atoms with van der Waals surface area (Å²) >= 11 is 0. The normalized spacial score (nSPS) is 20.0. The van der Waals surface area contributed by atoms with Crippen molar-refractivity contribution in [1.29, 1.82) is 0 Å². The molecule has 0 radical (unpaired) electrons. The second kappa shape index (κ2) is 6.75. The molecule has 3 rings (SSSR count). The minimum atomic E-state index is -0.138. The maximum absolute atomic E-state index is 13.6. The zero-order valence-corrected chi connectivity index (χ0v) is 12.8. The highest BCUT2D eigenvalue weighted by Crippen LogP contribution is 2.28. The van der Waals surface area contributed by atoms with Gasteiger partial charge in [0.2, 0.25) is 0 Å². The molecule has 1 aromatic rings. The molecule has 2 fully saturated rings. The zero-order valence-electron chi connectivity index (χ0n) is 12.8. The molecule has 0 bridgehead atoms. The first-order valence-corrected chi connectivity index (χ1v) is 8.02. The largest absolute Gasteiger partial charge is 0.384 e. The van der Waals surface area contributed by atoms with Crippen LogP contribution in [0.15, 0.2) is 18.2 Å². The van der Waals surface area contributed by atoms with Crippen LogP contribution in [-0.2, 0) is 11.3 Å². The molecule has 21 heavy (non-hydrogen) atoms. The summed E-state index contributed by atoms with van der Waals surface area (Å²) in [7, 11) is 1.77. The summed E-state index contributed by atoms with van der Waals surface area (Å²) in [4.78, 5) is 2.40. The highest BCUT2D eigenvalue weighted by molar-refractivity contribution is 5.54. The van der Waals surface area contributed by atoms with E-state index < -0.39 is 0 Å². The number of rotatable bonds is 6. The summed E-state index contributed by atoms with van der Waals surface area (Å²) in [6.07, 6.45) is 4.82. The second-order valence-corrected chi connectivity index (χ2v) is 6.31. The quantitative estimate of drug-likeness (QED) is 0.872. The Kier molecular flexibility index (Phi) is 4.76. The predicted molar refractivity (Wildman–Crippen MR) is 83.1 cm³/mol. The molecule has 0 unspecified atom stereocenters. The van der Waals surface area contributed by atoms with Gasteiger partial charge in [0.05, 0.1) is 0 Å². The maximum atomic E-state index is 13.6. The van der Waals surface area contributed by atoms with Crippen LogP contribution in [-0.4, -0.2) is 32.8 Å². The van der Waals surface area contributed by atoms with E-state index in [0.29, 0.717) is 12.0 Å². The maximum Gasteiger partial charge on any atom is 0.123 e. The van der Waals surface area contributed by atoms with E-state index in [-0.39, 0.29) is 5.82 Å². The number of ether oxygens (including phenoxy) is 1. The standard InChI is InChI=1S/C17H25FN2O/c1-21-12-13-6-8-20(9-7-13)17-5-2-15(18)10-14(17)11-19-16-3-4-16/h2,5,10,13,16,19H,3-4,6-9,11-12H2,1H3. The van der Waals surface area contributed by atoms with Gasteiger partial charge in [-0.25, -0.2) is 4.39 Å². The Morgan fingerprint density at radius 3 is 2.67 bits per heavy atom. The number of hydrogen-bond acceptors (Lipinski definition) is 3. The fourth-order valence-corrected chi connectivity index (χ4v) is 3.12. The fourth-order valence-electron chi connectivity index (χ4n) is 3.12. The van der Waals surface area contributed by atoms with Crippen molar-refractivity contribution in [1.82, 2.24) is 5.32 Å². The van der Waals surface area contributed by atoms with Gasteiger partial charge in [0.15, 0.2) is 0 Å². The molecule has 1 saturated carbocycles. The number of methoxy groups -OCH3 is 1. The third-order valence-electron chi connectivity index (χ3n) is 4.56. The van der Waals surface area contributed by atoms with Crippen molar-refractivity contribution < 1.29 is 9.13 Å². The summed E-state index contributed by atoms with van der Waals surface area (Å²) < 4.78 is 18.8. The minimum Gasteiger partial charge on any atom is -0.384 e. The highest BCUT2D eigenvalue weighted by Gasteiger charge is 2.23. The molecule has 0 atom stereocenters. The molecule has 1 aliphatic heterocycles. The number of benzene rings is 1. The lowest BCUT2D eigenvalue weighted by atomic mass is 9.96. The van der Waals surface area contributed by atoms with E-state index in [0.717, 1.165) is 44.6 Å². The van der Waals surface area contributed by atoms with Crippen molar-refractivity contribution in [2.75, 3.05) is 31.7 Å². The van der Waals surface area contributed by atoms with Gasteiger partial charge in [0.25, 0.3) is 0 Å². The van der Waals surface area contributed by atoms with Gasteiger partial charge >= 0.3 is 0 Å². The molecule has 1 N–H and O–H groups in total. The SMILES string of the molecule is COCC1CCN(c2ccc(F)cc2CNC2CC2)CC1. The molecule has 1 heterocycles. The number of nitrogens with zero attached hydrogens (tertiary/aromatic N) is 1. The van der Waals surface area contributed by atoms with Crippen molar-refractivity contribution >= 4 is 5.69 Å². The van der Waals surface area contributed by atoms with Crippen LogP contribution in [0.5, 0.6) is 0 Å². The lowest BCUT2D eigenvalue weighted by Gasteiger charge is -2.34. The predicted octanol–water partition coefficient (Wildman–Crippen LogP) is 2.94. The number of piperidine rings is 1. The van der Waals surface area contributed by atoms with Gasteiger partial charge in [-0.05, 0) is 55.4 Å². The van der Waals surface area contributed by atoms with Crippen LogP contribution in [0, 0.1) is 11.7 Å². The smallest absolute Gasteiger partial charge is 0.123 e.